The smallest absolute Gasteiger partial charge is 0.141 e. The molecule has 1 aliphatic carbocycles. The molecule has 0 amide bonds. The number of nitrogens with one attached hydrogen (secondary N) is 1. The number of fused-ring (bicyclic) bond motifs is 1. The van der Waals surface area contributed by atoms with E-state index in [1.807, 2.05) is 23.1 Å². The SMILES string of the molecule is NCC1(n2cc(-c3ncnc4[nH]ccc34)cn2)CC(CF)C1. The summed E-state index contributed by atoms with van der Waals surface area (Å²) in [6, 6.07) is 1.95. The van der Waals surface area contributed by atoms with Crippen molar-refractivity contribution in [3.05, 3.63) is 31.0 Å². The van der Waals surface area contributed by atoms with Gasteiger partial charge in [0.1, 0.15) is 12.0 Å². The van der Waals surface area contributed by atoms with E-state index in [2.05, 4.69) is 20.1 Å². The Kier molecular flexibility index (Phi) is 2.97. The molecule has 3 heterocycles. The molecule has 7 heteroatoms. The maximum Gasteiger partial charge on any atom is 0.141 e. The van der Waals surface area contributed by atoms with Crippen molar-refractivity contribution < 1.29 is 4.39 Å². The largest absolute Gasteiger partial charge is 0.346 e. The summed E-state index contributed by atoms with van der Waals surface area (Å²) in [4.78, 5) is 11.6. The number of nitrogens with zero attached hydrogens (tertiary/aromatic N) is 4. The van der Waals surface area contributed by atoms with Crippen LogP contribution in [0.25, 0.3) is 22.3 Å². The molecule has 0 saturated heterocycles. The van der Waals surface area contributed by atoms with Crippen molar-refractivity contribution in [1.82, 2.24) is 24.7 Å². The molecule has 1 aliphatic rings. The molecule has 6 nitrogen and oxygen atoms in total. The highest BCUT2D eigenvalue weighted by molar-refractivity contribution is 5.89. The van der Waals surface area contributed by atoms with Gasteiger partial charge in [-0.1, -0.05) is 0 Å². The van der Waals surface area contributed by atoms with E-state index in [1.165, 1.54) is 6.33 Å². The molecule has 0 radical (unpaired) electrons. The van der Waals surface area contributed by atoms with Crippen LogP contribution < -0.4 is 5.73 Å². The lowest BCUT2D eigenvalue weighted by molar-refractivity contribution is 0.0456. The molecule has 3 aromatic heterocycles. The van der Waals surface area contributed by atoms with E-state index in [-0.39, 0.29) is 18.1 Å². The van der Waals surface area contributed by atoms with Gasteiger partial charge in [0.05, 0.1) is 24.1 Å². The summed E-state index contributed by atoms with van der Waals surface area (Å²) in [6.07, 6.45) is 8.60. The molecule has 0 aliphatic heterocycles. The molecule has 3 aromatic rings. The number of hydrogen-bond acceptors (Lipinski definition) is 4. The highest BCUT2D eigenvalue weighted by Gasteiger charge is 2.45. The van der Waals surface area contributed by atoms with E-state index < -0.39 is 0 Å². The van der Waals surface area contributed by atoms with Crippen molar-refractivity contribution >= 4 is 11.0 Å². The molecule has 3 N–H and O–H groups in total. The van der Waals surface area contributed by atoms with Gasteiger partial charge < -0.3 is 10.7 Å². The van der Waals surface area contributed by atoms with E-state index in [9.17, 15) is 4.39 Å². The third kappa shape index (κ3) is 1.85. The molecule has 0 spiro atoms. The van der Waals surface area contributed by atoms with Gasteiger partial charge >= 0.3 is 0 Å². The van der Waals surface area contributed by atoms with Crippen LogP contribution in [0.15, 0.2) is 31.0 Å². The predicted octanol–water partition coefficient (Wildman–Crippen LogP) is 1.85. The van der Waals surface area contributed by atoms with Gasteiger partial charge in [-0.25, -0.2) is 9.97 Å². The van der Waals surface area contributed by atoms with Gasteiger partial charge in [-0.05, 0) is 24.8 Å². The van der Waals surface area contributed by atoms with Crippen LogP contribution >= 0.6 is 0 Å². The van der Waals surface area contributed by atoms with Crippen molar-refractivity contribution in [3.8, 4) is 11.3 Å². The minimum absolute atomic E-state index is 0.103. The molecule has 0 atom stereocenters. The Bertz CT molecular complexity index is 801. The third-order valence-corrected chi connectivity index (χ3v) is 4.63. The minimum atomic E-state index is -0.286. The van der Waals surface area contributed by atoms with Crippen LogP contribution in [0.1, 0.15) is 12.8 Å². The second-order valence-corrected chi connectivity index (χ2v) is 5.99. The van der Waals surface area contributed by atoms with Crippen LogP contribution in [0.4, 0.5) is 4.39 Å². The molecule has 1 saturated carbocycles. The molecular weight excluding hydrogens is 283 g/mol. The zero-order valence-corrected chi connectivity index (χ0v) is 12.0. The number of hydrogen-bond donors (Lipinski definition) is 2. The van der Waals surface area contributed by atoms with E-state index in [4.69, 9.17) is 5.73 Å². The summed E-state index contributed by atoms with van der Waals surface area (Å²) in [5.74, 6) is 0.103. The Morgan fingerprint density at radius 3 is 3.05 bits per heavy atom. The Balaban J connectivity index is 1.71. The Labute approximate surface area is 126 Å². The van der Waals surface area contributed by atoms with E-state index in [0.717, 1.165) is 35.1 Å². The monoisotopic (exact) mass is 300 g/mol. The topological polar surface area (TPSA) is 85.4 Å². The number of aromatic nitrogens is 5. The fourth-order valence-corrected chi connectivity index (χ4v) is 3.38. The quantitative estimate of drug-likeness (QED) is 0.770. The summed E-state index contributed by atoms with van der Waals surface area (Å²) in [5, 5.41) is 5.42. The molecule has 22 heavy (non-hydrogen) atoms. The normalized spacial score (nSPS) is 24.5. The summed E-state index contributed by atoms with van der Waals surface area (Å²) in [5.41, 5.74) is 8.23. The fourth-order valence-electron chi connectivity index (χ4n) is 3.38. The number of halogens is 1. The zero-order chi connectivity index (χ0) is 15.2. The van der Waals surface area contributed by atoms with Crippen molar-refractivity contribution in [2.45, 2.75) is 18.4 Å². The lowest BCUT2D eigenvalue weighted by Gasteiger charge is -2.46. The van der Waals surface area contributed by atoms with Gasteiger partial charge in [-0.2, -0.15) is 5.10 Å². The number of aromatic amines is 1. The van der Waals surface area contributed by atoms with Crippen LogP contribution in [-0.2, 0) is 5.54 Å². The number of H-pyrrole nitrogens is 1. The van der Waals surface area contributed by atoms with Crippen LogP contribution in [0.5, 0.6) is 0 Å². The first-order valence-electron chi connectivity index (χ1n) is 7.35. The Morgan fingerprint density at radius 1 is 1.41 bits per heavy atom. The standard InChI is InChI=1S/C15H17FN6/c16-5-10-3-15(4-10,8-17)22-7-11(6-21-22)13-12-1-2-18-14(12)20-9-19-13/h1-2,6-7,9-10H,3-5,8,17H2,(H,18,19,20). The summed E-state index contributed by atoms with van der Waals surface area (Å²) in [7, 11) is 0. The van der Waals surface area contributed by atoms with Crippen molar-refractivity contribution in [1.29, 1.82) is 0 Å². The second kappa shape index (κ2) is 4.88. The van der Waals surface area contributed by atoms with Gasteiger partial charge in [0.25, 0.3) is 0 Å². The first-order chi connectivity index (χ1) is 10.8. The average Bonchev–Trinajstić information content (AvgIpc) is 3.16. The van der Waals surface area contributed by atoms with Gasteiger partial charge in [0.2, 0.25) is 0 Å². The Morgan fingerprint density at radius 2 is 2.27 bits per heavy atom. The zero-order valence-electron chi connectivity index (χ0n) is 12.0. The summed E-state index contributed by atoms with van der Waals surface area (Å²) >= 11 is 0. The molecule has 114 valence electrons. The first kappa shape index (κ1) is 13.4. The fraction of sp³-hybridized carbons (Fsp3) is 0.400. The lowest BCUT2D eigenvalue weighted by atomic mass is 9.69. The summed E-state index contributed by atoms with van der Waals surface area (Å²) in [6.45, 7) is 0.180. The number of rotatable bonds is 4. The molecule has 0 unspecified atom stereocenters. The van der Waals surface area contributed by atoms with Crippen LogP contribution in [-0.4, -0.2) is 38.0 Å². The molecule has 1 fully saturated rings. The van der Waals surface area contributed by atoms with E-state index in [0.29, 0.717) is 6.54 Å². The van der Waals surface area contributed by atoms with Crippen molar-refractivity contribution in [2.75, 3.05) is 13.2 Å². The predicted molar refractivity (Wildman–Crippen MR) is 80.8 cm³/mol. The third-order valence-electron chi connectivity index (χ3n) is 4.63. The van der Waals surface area contributed by atoms with Crippen LogP contribution in [0.2, 0.25) is 0 Å². The maximum atomic E-state index is 12.8. The number of nitrogens with two attached hydrogens (primary N) is 1. The van der Waals surface area contributed by atoms with Crippen LogP contribution in [0.3, 0.4) is 0 Å². The van der Waals surface area contributed by atoms with Crippen LogP contribution in [0, 0.1) is 5.92 Å². The molecular formula is C15H17FN6. The molecule has 0 bridgehead atoms. The minimum Gasteiger partial charge on any atom is -0.346 e. The van der Waals surface area contributed by atoms with Gasteiger partial charge in [0, 0.05) is 29.9 Å². The van der Waals surface area contributed by atoms with Gasteiger partial charge in [-0.15, -0.1) is 0 Å². The van der Waals surface area contributed by atoms with E-state index in [1.54, 1.807) is 6.20 Å². The maximum absolute atomic E-state index is 12.8. The highest BCUT2D eigenvalue weighted by Crippen LogP contribution is 2.43. The molecule has 4 rings (SSSR count). The molecule has 0 aromatic carbocycles. The second-order valence-electron chi connectivity index (χ2n) is 5.99. The first-order valence-corrected chi connectivity index (χ1v) is 7.35. The van der Waals surface area contributed by atoms with Crippen molar-refractivity contribution in [3.63, 3.8) is 0 Å². The Hall–Kier alpha value is -2.28. The average molecular weight is 300 g/mol. The highest BCUT2D eigenvalue weighted by atomic mass is 19.1. The van der Waals surface area contributed by atoms with E-state index >= 15 is 0 Å². The van der Waals surface area contributed by atoms with Gasteiger partial charge in [0.15, 0.2) is 0 Å². The lowest BCUT2D eigenvalue weighted by Crippen LogP contribution is -2.52. The summed E-state index contributed by atoms with van der Waals surface area (Å²) < 4.78 is 14.6. The number of alkyl halides is 1. The van der Waals surface area contributed by atoms with Gasteiger partial charge in [-0.3, -0.25) is 9.07 Å². The van der Waals surface area contributed by atoms with Crippen molar-refractivity contribution in [2.24, 2.45) is 11.7 Å².